The van der Waals surface area contributed by atoms with E-state index < -0.39 is 5.54 Å². The summed E-state index contributed by atoms with van der Waals surface area (Å²) in [5.41, 5.74) is 7.59. The second-order valence-electron chi connectivity index (χ2n) is 7.67. The maximum atomic E-state index is 9.26. The van der Waals surface area contributed by atoms with Crippen molar-refractivity contribution >= 4 is 0 Å². The molecule has 154 valence electrons. The third kappa shape index (κ3) is 8.42. The smallest absolute Gasteiger partial charge is 0.119 e. The lowest BCUT2D eigenvalue weighted by molar-refractivity contribution is 0.115. The van der Waals surface area contributed by atoms with Gasteiger partial charge in [-0.3, -0.25) is 0 Å². The highest BCUT2D eigenvalue weighted by Crippen LogP contribution is 2.15. The number of hydrogen-bond donors (Lipinski definition) is 3. The Labute approximate surface area is 169 Å². The fourth-order valence-electron chi connectivity index (χ4n) is 3.14. The van der Waals surface area contributed by atoms with Gasteiger partial charge in [-0.05, 0) is 55.4 Å². The Balaban J connectivity index is 1.53. The standard InChI is InChI=1S/C24H35NO3/c25-24(19-26,20-27)17-16-22-14-12-21(13-15-22)9-5-2-1-3-8-18-28-23-10-6-4-7-11-23/h4,6-7,10-15,26-27H,1-3,5,8-9,16-20,25H2. The van der Waals surface area contributed by atoms with Crippen LogP contribution >= 0.6 is 0 Å². The molecule has 0 atom stereocenters. The lowest BCUT2D eigenvalue weighted by Gasteiger charge is -2.24. The molecule has 2 aromatic carbocycles. The predicted octanol–water partition coefficient (Wildman–Crippen LogP) is 3.87. The Morgan fingerprint density at radius 3 is 1.93 bits per heavy atom. The van der Waals surface area contributed by atoms with E-state index in [0.29, 0.717) is 6.42 Å². The van der Waals surface area contributed by atoms with Crippen LogP contribution in [0, 0.1) is 0 Å². The minimum absolute atomic E-state index is 0.194. The summed E-state index contributed by atoms with van der Waals surface area (Å²) in [4.78, 5) is 0. The molecule has 28 heavy (non-hydrogen) atoms. The van der Waals surface area contributed by atoms with Crippen LogP contribution in [0.3, 0.4) is 0 Å². The molecular formula is C24H35NO3. The molecule has 0 saturated carbocycles. The van der Waals surface area contributed by atoms with Crippen molar-refractivity contribution in [3.8, 4) is 5.75 Å². The first-order chi connectivity index (χ1) is 13.6. The number of hydrogen-bond acceptors (Lipinski definition) is 4. The third-order valence-corrected chi connectivity index (χ3v) is 5.19. The van der Waals surface area contributed by atoms with Crippen molar-refractivity contribution in [2.75, 3.05) is 19.8 Å². The number of para-hydroxylation sites is 1. The highest BCUT2D eigenvalue weighted by molar-refractivity contribution is 5.23. The molecule has 0 aliphatic rings. The second kappa shape index (κ2) is 12.6. The molecule has 4 heteroatoms. The van der Waals surface area contributed by atoms with Gasteiger partial charge in [0.2, 0.25) is 0 Å². The molecule has 0 spiro atoms. The van der Waals surface area contributed by atoms with Crippen molar-refractivity contribution in [2.24, 2.45) is 5.73 Å². The van der Waals surface area contributed by atoms with Crippen LogP contribution in [0.4, 0.5) is 0 Å². The minimum atomic E-state index is -0.884. The van der Waals surface area contributed by atoms with E-state index in [4.69, 9.17) is 10.5 Å². The topological polar surface area (TPSA) is 75.7 Å². The minimum Gasteiger partial charge on any atom is -0.494 e. The summed E-state index contributed by atoms with van der Waals surface area (Å²) >= 11 is 0. The molecular weight excluding hydrogens is 350 g/mol. The summed E-state index contributed by atoms with van der Waals surface area (Å²) in [5, 5.41) is 18.5. The molecule has 0 unspecified atom stereocenters. The molecule has 0 aliphatic carbocycles. The number of aliphatic hydroxyl groups excluding tert-OH is 2. The van der Waals surface area contributed by atoms with Gasteiger partial charge in [0.15, 0.2) is 0 Å². The van der Waals surface area contributed by atoms with Crippen molar-refractivity contribution in [3.63, 3.8) is 0 Å². The van der Waals surface area contributed by atoms with Crippen molar-refractivity contribution in [1.29, 1.82) is 0 Å². The molecule has 2 aromatic rings. The number of benzene rings is 2. The first-order valence-electron chi connectivity index (χ1n) is 10.4. The van der Waals surface area contributed by atoms with E-state index >= 15 is 0 Å². The monoisotopic (exact) mass is 385 g/mol. The van der Waals surface area contributed by atoms with Gasteiger partial charge in [-0.25, -0.2) is 0 Å². The number of rotatable bonds is 14. The summed E-state index contributed by atoms with van der Waals surface area (Å²) in [5.74, 6) is 0.954. The van der Waals surface area contributed by atoms with Crippen molar-refractivity contribution in [2.45, 2.75) is 56.9 Å². The van der Waals surface area contributed by atoms with Crippen molar-refractivity contribution in [3.05, 3.63) is 65.7 Å². The van der Waals surface area contributed by atoms with Gasteiger partial charge < -0.3 is 20.7 Å². The zero-order valence-electron chi connectivity index (χ0n) is 16.9. The summed E-state index contributed by atoms with van der Waals surface area (Å²) in [7, 11) is 0. The van der Waals surface area contributed by atoms with Gasteiger partial charge in [0.1, 0.15) is 5.75 Å². The maximum Gasteiger partial charge on any atom is 0.119 e. The fraction of sp³-hybridized carbons (Fsp3) is 0.500. The van der Waals surface area contributed by atoms with Crippen LogP contribution in [-0.2, 0) is 12.8 Å². The van der Waals surface area contributed by atoms with Crippen LogP contribution in [0.1, 0.15) is 49.7 Å². The average Bonchev–Trinajstić information content (AvgIpc) is 2.75. The number of aryl methyl sites for hydroxylation is 2. The van der Waals surface area contributed by atoms with E-state index in [1.54, 1.807) is 0 Å². The summed E-state index contributed by atoms with van der Waals surface area (Å²) in [6.07, 6.45) is 8.47. The second-order valence-corrected chi connectivity index (χ2v) is 7.67. The fourth-order valence-corrected chi connectivity index (χ4v) is 3.14. The molecule has 0 amide bonds. The lowest BCUT2D eigenvalue weighted by Crippen LogP contribution is -2.47. The highest BCUT2D eigenvalue weighted by atomic mass is 16.5. The molecule has 0 fully saturated rings. The molecule has 0 radical (unpaired) electrons. The van der Waals surface area contributed by atoms with Gasteiger partial charge in [0, 0.05) is 0 Å². The van der Waals surface area contributed by atoms with Crippen molar-refractivity contribution in [1.82, 2.24) is 0 Å². The molecule has 4 N–H and O–H groups in total. The van der Waals surface area contributed by atoms with E-state index in [0.717, 1.165) is 31.6 Å². The van der Waals surface area contributed by atoms with Crippen LogP contribution in [0.15, 0.2) is 54.6 Å². The average molecular weight is 386 g/mol. The number of nitrogens with two attached hydrogens (primary N) is 1. The van der Waals surface area contributed by atoms with Gasteiger partial charge in [-0.2, -0.15) is 0 Å². The Morgan fingerprint density at radius 2 is 1.29 bits per heavy atom. The summed E-state index contributed by atoms with van der Waals surface area (Å²) in [6, 6.07) is 18.6. The van der Waals surface area contributed by atoms with E-state index in [1.165, 1.54) is 36.8 Å². The zero-order chi connectivity index (χ0) is 20.1. The molecule has 0 aliphatic heterocycles. The molecule has 4 nitrogen and oxygen atoms in total. The highest BCUT2D eigenvalue weighted by Gasteiger charge is 2.22. The van der Waals surface area contributed by atoms with E-state index in [-0.39, 0.29) is 13.2 Å². The zero-order valence-corrected chi connectivity index (χ0v) is 16.9. The van der Waals surface area contributed by atoms with Gasteiger partial charge in [0.05, 0.1) is 25.4 Å². The quantitative estimate of drug-likeness (QED) is 0.432. The molecule has 2 rings (SSSR count). The number of ether oxygens (including phenoxy) is 1. The van der Waals surface area contributed by atoms with E-state index in [9.17, 15) is 10.2 Å². The van der Waals surface area contributed by atoms with Crippen molar-refractivity contribution < 1.29 is 14.9 Å². The Hall–Kier alpha value is -1.88. The molecule has 0 bridgehead atoms. The van der Waals surface area contributed by atoms with Gasteiger partial charge in [-0.15, -0.1) is 0 Å². The maximum absolute atomic E-state index is 9.26. The molecule has 0 heterocycles. The Morgan fingerprint density at radius 1 is 0.714 bits per heavy atom. The lowest BCUT2D eigenvalue weighted by atomic mass is 9.93. The van der Waals surface area contributed by atoms with E-state index in [2.05, 4.69) is 24.3 Å². The summed E-state index contributed by atoms with van der Waals surface area (Å²) in [6.45, 7) is 0.405. The van der Waals surface area contributed by atoms with Gasteiger partial charge in [0.25, 0.3) is 0 Å². The van der Waals surface area contributed by atoms with Crippen LogP contribution in [0.25, 0.3) is 0 Å². The van der Waals surface area contributed by atoms with Crippen LogP contribution in [0.2, 0.25) is 0 Å². The van der Waals surface area contributed by atoms with Gasteiger partial charge >= 0.3 is 0 Å². The van der Waals surface area contributed by atoms with Gasteiger partial charge in [-0.1, -0.05) is 61.7 Å². The largest absolute Gasteiger partial charge is 0.494 e. The number of unbranched alkanes of at least 4 members (excludes halogenated alkanes) is 4. The predicted molar refractivity (Wildman–Crippen MR) is 115 cm³/mol. The Kier molecular flexibility index (Phi) is 10.0. The first kappa shape index (κ1) is 22.4. The van der Waals surface area contributed by atoms with Crippen LogP contribution in [-0.4, -0.2) is 35.6 Å². The van der Waals surface area contributed by atoms with Crippen LogP contribution in [0.5, 0.6) is 5.75 Å². The Bertz CT molecular complexity index is 639. The molecule has 0 saturated heterocycles. The van der Waals surface area contributed by atoms with E-state index in [1.807, 2.05) is 30.3 Å². The normalized spacial score (nSPS) is 11.5. The number of aliphatic hydroxyl groups is 2. The SMILES string of the molecule is NC(CO)(CO)CCc1ccc(CCCCCCCOc2ccccc2)cc1. The summed E-state index contributed by atoms with van der Waals surface area (Å²) < 4.78 is 5.71. The molecule has 0 aromatic heterocycles. The van der Waals surface area contributed by atoms with Crippen LogP contribution < -0.4 is 10.5 Å². The third-order valence-electron chi connectivity index (χ3n) is 5.19. The first-order valence-corrected chi connectivity index (χ1v) is 10.4.